The molecule has 0 heterocycles. The second kappa shape index (κ2) is 12.8. The predicted octanol–water partition coefficient (Wildman–Crippen LogP) is 4.45. The molecule has 1 atom stereocenters. The zero-order chi connectivity index (χ0) is 22.6. The number of rotatable bonds is 12. The van der Waals surface area contributed by atoms with E-state index in [9.17, 15) is 9.59 Å². The van der Waals surface area contributed by atoms with Crippen LogP contribution in [0.1, 0.15) is 38.7 Å². The SMILES string of the molecule is CCNC(=O)[C@@H](CC)N(Cc1cccc(OC)c1)C(=O)CCCOc1ccc(Cl)cc1. The fourth-order valence-corrected chi connectivity index (χ4v) is 3.39. The number of benzene rings is 2. The number of carbonyl (C=O) groups excluding carboxylic acids is 2. The average Bonchev–Trinajstić information content (AvgIpc) is 2.78. The van der Waals surface area contributed by atoms with E-state index >= 15 is 0 Å². The van der Waals surface area contributed by atoms with E-state index in [0.29, 0.717) is 49.1 Å². The molecule has 0 bridgehead atoms. The van der Waals surface area contributed by atoms with Gasteiger partial charge in [-0.2, -0.15) is 0 Å². The topological polar surface area (TPSA) is 67.9 Å². The Morgan fingerprint density at radius 1 is 1.10 bits per heavy atom. The summed E-state index contributed by atoms with van der Waals surface area (Å²) in [5.74, 6) is 1.20. The third-order valence-corrected chi connectivity index (χ3v) is 5.09. The molecule has 2 rings (SSSR count). The number of halogens is 1. The van der Waals surface area contributed by atoms with Crippen LogP contribution in [-0.4, -0.2) is 43.0 Å². The van der Waals surface area contributed by atoms with Gasteiger partial charge in [0, 0.05) is 24.5 Å². The maximum Gasteiger partial charge on any atom is 0.242 e. The maximum absolute atomic E-state index is 13.1. The van der Waals surface area contributed by atoms with Gasteiger partial charge in [-0.05, 0) is 61.7 Å². The highest BCUT2D eigenvalue weighted by atomic mass is 35.5. The fourth-order valence-electron chi connectivity index (χ4n) is 3.27. The normalized spacial score (nSPS) is 11.5. The van der Waals surface area contributed by atoms with Gasteiger partial charge in [-0.15, -0.1) is 0 Å². The predicted molar refractivity (Wildman–Crippen MR) is 122 cm³/mol. The van der Waals surface area contributed by atoms with Crippen LogP contribution >= 0.6 is 11.6 Å². The van der Waals surface area contributed by atoms with E-state index in [1.54, 1.807) is 36.3 Å². The Morgan fingerprint density at radius 3 is 2.48 bits per heavy atom. The molecule has 6 nitrogen and oxygen atoms in total. The summed E-state index contributed by atoms with van der Waals surface area (Å²) in [6.45, 7) is 5.04. The van der Waals surface area contributed by atoms with Crippen molar-refractivity contribution in [3.63, 3.8) is 0 Å². The molecule has 0 aromatic heterocycles. The highest BCUT2D eigenvalue weighted by molar-refractivity contribution is 6.30. The molecule has 31 heavy (non-hydrogen) atoms. The van der Waals surface area contributed by atoms with Gasteiger partial charge in [0.05, 0.1) is 13.7 Å². The molecule has 0 unspecified atom stereocenters. The first-order valence-electron chi connectivity index (χ1n) is 10.6. The number of hydrogen-bond acceptors (Lipinski definition) is 4. The quantitative estimate of drug-likeness (QED) is 0.489. The lowest BCUT2D eigenvalue weighted by Crippen LogP contribution is -2.49. The highest BCUT2D eigenvalue weighted by Crippen LogP contribution is 2.19. The molecular weight excluding hydrogens is 416 g/mol. The molecule has 0 aliphatic rings. The average molecular weight is 447 g/mol. The van der Waals surface area contributed by atoms with Crippen LogP contribution in [0, 0.1) is 0 Å². The van der Waals surface area contributed by atoms with Crippen LogP contribution in [0.3, 0.4) is 0 Å². The molecule has 0 aliphatic heterocycles. The molecule has 7 heteroatoms. The lowest BCUT2D eigenvalue weighted by atomic mass is 10.1. The minimum atomic E-state index is -0.532. The molecule has 0 fully saturated rings. The number of likely N-dealkylation sites (N-methyl/N-ethyl adjacent to an activating group) is 1. The van der Waals surface area contributed by atoms with Gasteiger partial charge >= 0.3 is 0 Å². The Kier molecular flexibility index (Phi) is 10.2. The first-order valence-corrected chi connectivity index (χ1v) is 10.9. The van der Waals surface area contributed by atoms with E-state index in [-0.39, 0.29) is 18.2 Å². The van der Waals surface area contributed by atoms with E-state index in [1.165, 1.54) is 0 Å². The van der Waals surface area contributed by atoms with Crippen molar-refractivity contribution in [2.24, 2.45) is 0 Å². The molecule has 2 aromatic rings. The molecule has 0 saturated heterocycles. The Labute approximate surface area is 189 Å². The molecule has 0 radical (unpaired) electrons. The van der Waals surface area contributed by atoms with Crippen molar-refractivity contribution in [2.45, 2.75) is 45.7 Å². The van der Waals surface area contributed by atoms with E-state index < -0.39 is 6.04 Å². The van der Waals surface area contributed by atoms with E-state index in [0.717, 1.165) is 5.56 Å². The van der Waals surface area contributed by atoms with E-state index in [1.807, 2.05) is 38.1 Å². The van der Waals surface area contributed by atoms with Gasteiger partial charge in [0.1, 0.15) is 17.5 Å². The minimum Gasteiger partial charge on any atom is -0.497 e. The van der Waals surface area contributed by atoms with Crippen LogP contribution in [0.4, 0.5) is 0 Å². The maximum atomic E-state index is 13.1. The summed E-state index contributed by atoms with van der Waals surface area (Å²) in [7, 11) is 1.60. The van der Waals surface area contributed by atoms with Crippen molar-refractivity contribution in [1.29, 1.82) is 0 Å². The minimum absolute atomic E-state index is 0.0828. The van der Waals surface area contributed by atoms with Gasteiger partial charge in [-0.3, -0.25) is 9.59 Å². The molecule has 2 aromatic carbocycles. The van der Waals surface area contributed by atoms with Crippen molar-refractivity contribution < 1.29 is 19.1 Å². The Bertz CT molecular complexity index is 842. The van der Waals surface area contributed by atoms with Crippen molar-refractivity contribution in [3.05, 3.63) is 59.1 Å². The van der Waals surface area contributed by atoms with Gasteiger partial charge in [0.25, 0.3) is 0 Å². The first-order chi connectivity index (χ1) is 15.0. The van der Waals surface area contributed by atoms with Crippen LogP contribution in [0.2, 0.25) is 5.02 Å². The van der Waals surface area contributed by atoms with Gasteiger partial charge in [-0.25, -0.2) is 0 Å². The first kappa shape index (κ1) is 24.5. The van der Waals surface area contributed by atoms with Crippen molar-refractivity contribution in [3.8, 4) is 11.5 Å². The summed E-state index contributed by atoms with van der Waals surface area (Å²) in [5, 5.41) is 3.49. The Morgan fingerprint density at radius 2 is 1.84 bits per heavy atom. The lowest BCUT2D eigenvalue weighted by Gasteiger charge is -2.30. The Balaban J connectivity index is 2.05. The van der Waals surface area contributed by atoms with Gasteiger partial charge in [0.2, 0.25) is 11.8 Å². The summed E-state index contributed by atoms with van der Waals surface area (Å²) >= 11 is 5.88. The molecule has 0 spiro atoms. The number of amides is 2. The van der Waals surface area contributed by atoms with Gasteiger partial charge in [0.15, 0.2) is 0 Å². The summed E-state index contributed by atoms with van der Waals surface area (Å²) in [5.41, 5.74) is 0.910. The van der Waals surface area contributed by atoms with Crippen molar-refractivity contribution in [1.82, 2.24) is 10.2 Å². The number of nitrogens with one attached hydrogen (secondary N) is 1. The largest absolute Gasteiger partial charge is 0.497 e. The molecule has 168 valence electrons. The van der Waals surface area contributed by atoms with Crippen LogP contribution < -0.4 is 14.8 Å². The third-order valence-electron chi connectivity index (χ3n) is 4.84. The summed E-state index contributed by atoms with van der Waals surface area (Å²) in [4.78, 5) is 27.4. The summed E-state index contributed by atoms with van der Waals surface area (Å²) in [6, 6.07) is 14.1. The molecule has 1 N–H and O–H groups in total. The summed E-state index contributed by atoms with van der Waals surface area (Å²) in [6.07, 6.45) is 1.36. The molecule has 0 aliphatic carbocycles. The van der Waals surface area contributed by atoms with Crippen molar-refractivity contribution >= 4 is 23.4 Å². The van der Waals surface area contributed by atoms with Gasteiger partial charge in [-0.1, -0.05) is 30.7 Å². The summed E-state index contributed by atoms with van der Waals surface area (Å²) < 4.78 is 11.0. The zero-order valence-corrected chi connectivity index (χ0v) is 19.2. The number of carbonyl (C=O) groups is 2. The molecule has 0 saturated carbocycles. The second-order valence-corrected chi connectivity index (χ2v) is 7.53. The van der Waals surface area contributed by atoms with E-state index in [2.05, 4.69) is 5.32 Å². The van der Waals surface area contributed by atoms with Crippen LogP contribution in [0.25, 0.3) is 0 Å². The zero-order valence-electron chi connectivity index (χ0n) is 18.4. The van der Waals surface area contributed by atoms with Crippen LogP contribution in [0.5, 0.6) is 11.5 Å². The molecular formula is C24H31ClN2O4. The number of ether oxygens (including phenoxy) is 2. The monoisotopic (exact) mass is 446 g/mol. The lowest BCUT2D eigenvalue weighted by molar-refractivity contribution is -0.141. The van der Waals surface area contributed by atoms with E-state index in [4.69, 9.17) is 21.1 Å². The van der Waals surface area contributed by atoms with Crippen LogP contribution in [0.15, 0.2) is 48.5 Å². The number of nitrogens with zero attached hydrogens (tertiary/aromatic N) is 1. The number of methoxy groups -OCH3 is 1. The van der Waals surface area contributed by atoms with Crippen molar-refractivity contribution in [2.75, 3.05) is 20.3 Å². The van der Waals surface area contributed by atoms with Gasteiger partial charge < -0.3 is 19.7 Å². The highest BCUT2D eigenvalue weighted by Gasteiger charge is 2.28. The Hall–Kier alpha value is -2.73. The third kappa shape index (κ3) is 7.79. The van der Waals surface area contributed by atoms with Crippen LogP contribution in [-0.2, 0) is 16.1 Å². The fraction of sp³-hybridized carbons (Fsp3) is 0.417. The second-order valence-electron chi connectivity index (χ2n) is 7.10. The smallest absolute Gasteiger partial charge is 0.242 e. The molecule has 2 amide bonds. The number of hydrogen-bond donors (Lipinski definition) is 1. The standard InChI is InChI=1S/C24H31ClN2O4/c1-4-22(24(29)26-5-2)27(17-18-8-6-9-21(16-18)30-3)23(28)10-7-15-31-20-13-11-19(25)12-14-20/h6,8-9,11-14,16,22H,4-5,7,10,15,17H2,1-3H3,(H,26,29)/t22-/m1/s1.